The van der Waals surface area contributed by atoms with Crippen molar-refractivity contribution >= 4 is 11.9 Å². The van der Waals surface area contributed by atoms with Gasteiger partial charge in [-0.2, -0.15) is 0 Å². The minimum atomic E-state index is -0.679. The van der Waals surface area contributed by atoms with E-state index >= 15 is 0 Å². The maximum absolute atomic E-state index is 11.9. The van der Waals surface area contributed by atoms with E-state index in [1.807, 2.05) is 0 Å². The Bertz CT molecular complexity index is 344. The van der Waals surface area contributed by atoms with Gasteiger partial charge in [0.1, 0.15) is 0 Å². The van der Waals surface area contributed by atoms with Gasteiger partial charge in [-0.25, -0.2) is 9.59 Å². The molecule has 1 aliphatic rings. The van der Waals surface area contributed by atoms with Crippen LogP contribution in [-0.4, -0.2) is 42.9 Å². The lowest BCUT2D eigenvalue weighted by molar-refractivity contribution is -0.146. The zero-order valence-corrected chi connectivity index (χ0v) is 11.4. The molecular weight excluding hydrogens is 250 g/mol. The van der Waals surface area contributed by atoms with Crippen LogP contribution in [-0.2, 0) is 19.1 Å². The standard InChI is InChI=1S/C13H21NO5/c1-3-18-12(16)11(13(17)19-4-2)10-7-5-6-9(8-15)14-10/h9,14-15H,3-8H2,1-2H3. The summed E-state index contributed by atoms with van der Waals surface area (Å²) in [6.07, 6.45) is 2.18. The first-order valence-electron chi connectivity index (χ1n) is 6.58. The number of piperidine rings is 1. The molecule has 1 fully saturated rings. The van der Waals surface area contributed by atoms with Crippen molar-refractivity contribution in [1.29, 1.82) is 0 Å². The topological polar surface area (TPSA) is 84.9 Å². The van der Waals surface area contributed by atoms with E-state index in [4.69, 9.17) is 14.6 Å². The van der Waals surface area contributed by atoms with Crippen LogP contribution in [0.15, 0.2) is 11.3 Å². The first-order chi connectivity index (χ1) is 9.13. The molecule has 6 nitrogen and oxygen atoms in total. The molecule has 0 radical (unpaired) electrons. The molecule has 1 atom stereocenters. The number of esters is 2. The molecule has 108 valence electrons. The Kier molecular flexibility index (Phi) is 6.35. The van der Waals surface area contributed by atoms with Gasteiger partial charge in [-0.15, -0.1) is 0 Å². The molecule has 6 heteroatoms. The number of allylic oxidation sites excluding steroid dienone is 1. The number of hydrogen-bond donors (Lipinski definition) is 2. The van der Waals surface area contributed by atoms with Gasteiger partial charge in [0.15, 0.2) is 5.57 Å². The SMILES string of the molecule is CCOC(=O)C(C(=O)OCC)=C1CCCC(CO)N1. The third kappa shape index (κ3) is 4.24. The molecule has 0 spiro atoms. The van der Waals surface area contributed by atoms with E-state index in [0.29, 0.717) is 12.1 Å². The summed E-state index contributed by atoms with van der Waals surface area (Å²) >= 11 is 0. The van der Waals surface area contributed by atoms with E-state index in [9.17, 15) is 9.59 Å². The molecule has 1 heterocycles. The van der Waals surface area contributed by atoms with Crippen molar-refractivity contribution in [3.63, 3.8) is 0 Å². The monoisotopic (exact) mass is 271 g/mol. The van der Waals surface area contributed by atoms with Crippen LogP contribution >= 0.6 is 0 Å². The van der Waals surface area contributed by atoms with Gasteiger partial charge in [-0.05, 0) is 33.1 Å². The van der Waals surface area contributed by atoms with E-state index < -0.39 is 11.9 Å². The molecule has 0 aromatic carbocycles. The summed E-state index contributed by atoms with van der Waals surface area (Å²) in [5.41, 5.74) is 0.420. The fourth-order valence-electron chi connectivity index (χ4n) is 1.99. The van der Waals surface area contributed by atoms with Crippen molar-refractivity contribution in [2.45, 2.75) is 39.2 Å². The lowest BCUT2D eigenvalue weighted by Gasteiger charge is -2.26. The van der Waals surface area contributed by atoms with E-state index in [0.717, 1.165) is 12.8 Å². The van der Waals surface area contributed by atoms with Crippen LogP contribution in [0.2, 0.25) is 0 Å². The van der Waals surface area contributed by atoms with E-state index in [2.05, 4.69) is 5.32 Å². The lowest BCUT2D eigenvalue weighted by Crippen LogP contribution is -2.38. The number of ether oxygens (including phenoxy) is 2. The first kappa shape index (κ1) is 15.5. The lowest BCUT2D eigenvalue weighted by atomic mass is 9.99. The van der Waals surface area contributed by atoms with Crippen LogP contribution in [0.1, 0.15) is 33.1 Å². The Balaban J connectivity index is 2.98. The number of nitrogens with one attached hydrogen (secondary N) is 1. The predicted octanol–water partition coefficient (Wildman–Crippen LogP) is 0.501. The molecular formula is C13H21NO5. The van der Waals surface area contributed by atoms with Gasteiger partial charge in [0.2, 0.25) is 0 Å². The number of rotatable bonds is 5. The van der Waals surface area contributed by atoms with Gasteiger partial charge < -0.3 is 19.9 Å². The summed E-state index contributed by atoms with van der Waals surface area (Å²) in [4.78, 5) is 23.7. The summed E-state index contributed by atoms with van der Waals surface area (Å²) in [6.45, 7) is 3.70. The molecule has 0 amide bonds. The van der Waals surface area contributed by atoms with Crippen LogP contribution in [0.25, 0.3) is 0 Å². The Labute approximate surface area is 112 Å². The summed E-state index contributed by atoms with van der Waals surface area (Å²) in [5, 5.41) is 12.2. The van der Waals surface area contributed by atoms with Gasteiger partial charge in [0, 0.05) is 11.7 Å². The second-order valence-electron chi connectivity index (χ2n) is 4.21. The molecule has 0 saturated carbocycles. The van der Waals surface area contributed by atoms with E-state index in [1.54, 1.807) is 13.8 Å². The highest BCUT2D eigenvalue weighted by Gasteiger charge is 2.28. The largest absolute Gasteiger partial charge is 0.462 e. The van der Waals surface area contributed by atoms with Gasteiger partial charge >= 0.3 is 11.9 Å². The number of carbonyl (C=O) groups excluding carboxylic acids is 2. The highest BCUT2D eigenvalue weighted by atomic mass is 16.6. The Morgan fingerprint density at radius 3 is 2.32 bits per heavy atom. The molecule has 1 rings (SSSR count). The van der Waals surface area contributed by atoms with Gasteiger partial charge in [0.05, 0.1) is 19.8 Å². The molecule has 19 heavy (non-hydrogen) atoms. The van der Waals surface area contributed by atoms with Crippen LogP contribution in [0, 0.1) is 0 Å². The molecule has 2 N–H and O–H groups in total. The fourth-order valence-corrected chi connectivity index (χ4v) is 1.99. The summed E-state index contributed by atoms with van der Waals surface area (Å²) < 4.78 is 9.79. The highest BCUT2D eigenvalue weighted by molar-refractivity contribution is 6.14. The zero-order valence-electron chi connectivity index (χ0n) is 11.4. The van der Waals surface area contributed by atoms with Crippen molar-refractivity contribution in [3.05, 3.63) is 11.3 Å². The Morgan fingerprint density at radius 1 is 1.26 bits per heavy atom. The fraction of sp³-hybridized carbons (Fsp3) is 0.692. The second kappa shape index (κ2) is 7.78. The van der Waals surface area contributed by atoms with Crippen molar-refractivity contribution in [2.75, 3.05) is 19.8 Å². The van der Waals surface area contributed by atoms with E-state index in [-0.39, 0.29) is 31.4 Å². The van der Waals surface area contributed by atoms with Gasteiger partial charge in [-0.1, -0.05) is 0 Å². The molecule has 0 aliphatic carbocycles. The quantitative estimate of drug-likeness (QED) is 0.328. The van der Waals surface area contributed by atoms with Crippen molar-refractivity contribution in [3.8, 4) is 0 Å². The van der Waals surface area contributed by atoms with Crippen LogP contribution in [0.3, 0.4) is 0 Å². The number of aliphatic hydroxyl groups excluding tert-OH is 1. The maximum Gasteiger partial charge on any atom is 0.347 e. The number of carbonyl (C=O) groups is 2. The normalized spacial score (nSPS) is 18.5. The third-order valence-corrected chi connectivity index (χ3v) is 2.84. The second-order valence-corrected chi connectivity index (χ2v) is 4.21. The highest BCUT2D eigenvalue weighted by Crippen LogP contribution is 2.20. The average Bonchev–Trinajstić information content (AvgIpc) is 2.40. The third-order valence-electron chi connectivity index (χ3n) is 2.84. The molecule has 1 saturated heterocycles. The van der Waals surface area contributed by atoms with E-state index in [1.165, 1.54) is 0 Å². The number of hydrogen-bond acceptors (Lipinski definition) is 6. The Morgan fingerprint density at radius 2 is 1.84 bits per heavy atom. The van der Waals surface area contributed by atoms with Crippen molar-refractivity contribution in [2.24, 2.45) is 0 Å². The van der Waals surface area contributed by atoms with Gasteiger partial charge in [0.25, 0.3) is 0 Å². The summed E-state index contributed by atoms with van der Waals surface area (Å²) in [5.74, 6) is -1.36. The van der Waals surface area contributed by atoms with Gasteiger partial charge in [-0.3, -0.25) is 0 Å². The molecule has 1 unspecified atom stereocenters. The van der Waals surface area contributed by atoms with Crippen LogP contribution < -0.4 is 5.32 Å². The zero-order chi connectivity index (χ0) is 14.3. The smallest absolute Gasteiger partial charge is 0.347 e. The summed E-state index contributed by atoms with van der Waals surface area (Å²) in [6, 6.07) is -0.136. The minimum Gasteiger partial charge on any atom is -0.462 e. The van der Waals surface area contributed by atoms with Crippen LogP contribution in [0.5, 0.6) is 0 Å². The average molecular weight is 271 g/mol. The Hall–Kier alpha value is -1.56. The van der Waals surface area contributed by atoms with Crippen molar-refractivity contribution < 1.29 is 24.2 Å². The number of aliphatic hydroxyl groups is 1. The predicted molar refractivity (Wildman–Crippen MR) is 68.2 cm³/mol. The summed E-state index contributed by atoms with van der Waals surface area (Å²) in [7, 11) is 0. The molecule has 0 aromatic heterocycles. The van der Waals surface area contributed by atoms with Crippen LogP contribution in [0.4, 0.5) is 0 Å². The minimum absolute atomic E-state index is 0.0393. The van der Waals surface area contributed by atoms with Crippen molar-refractivity contribution in [1.82, 2.24) is 5.32 Å². The molecule has 1 aliphatic heterocycles. The first-order valence-corrected chi connectivity index (χ1v) is 6.58. The maximum atomic E-state index is 11.9. The molecule has 0 bridgehead atoms. The molecule has 0 aromatic rings.